The minimum atomic E-state index is -0.0682. The van der Waals surface area contributed by atoms with Gasteiger partial charge in [-0.2, -0.15) is 0 Å². The van der Waals surface area contributed by atoms with Crippen LogP contribution in [0.5, 0.6) is 0 Å². The van der Waals surface area contributed by atoms with Gasteiger partial charge in [-0.3, -0.25) is 0 Å². The fourth-order valence-electron chi connectivity index (χ4n) is 3.92. The molecule has 4 nitrogen and oxygen atoms in total. The highest BCUT2D eigenvalue weighted by Crippen LogP contribution is 2.42. The van der Waals surface area contributed by atoms with Gasteiger partial charge in [0.05, 0.1) is 17.6 Å². The minimum Gasteiger partial charge on any atom is -0.369 e. The normalized spacial score (nSPS) is 24.4. The molecule has 0 unspecified atom stereocenters. The molecule has 2 aliphatic rings. The molecule has 1 N–H and O–H groups in total. The highest BCUT2D eigenvalue weighted by Gasteiger charge is 2.33. The standard InChI is InChI=1S/C19H27N3OS2/c1-4-19(2)10-13-14(11-23-19)25-17-15(13)16(21-18(22-17)24-3)20-12-8-6-5-7-9-12/h12H,4-11H2,1-3H3,(H,20,21,22)/t19-/m1/s1. The van der Waals surface area contributed by atoms with Crippen molar-refractivity contribution in [3.05, 3.63) is 10.4 Å². The average molecular weight is 378 g/mol. The lowest BCUT2D eigenvalue weighted by atomic mass is 9.90. The van der Waals surface area contributed by atoms with Crippen LogP contribution >= 0.6 is 23.1 Å². The van der Waals surface area contributed by atoms with E-state index in [-0.39, 0.29) is 5.60 Å². The molecule has 3 heterocycles. The van der Waals surface area contributed by atoms with Crippen LogP contribution in [0, 0.1) is 0 Å². The van der Waals surface area contributed by atoms with Gasteiger partial charge in [-0.25, -0.2) is 9.97 Å². The maximum atomic E-state index is 6.15. The Bertz CT molecular complexity index is 770. The largest absolute Gasteiger partial charge is 0.369 e. The van der Waals surface area contributed by atoms with Gasteiger partial charge in [0.15, 0.2) is 5.16 Å². The molecule has 2 aromatic rings. The lowest BCUT2D eigenvalue weighted by molar-refractivity contribution is -0.0542. The number of hydrogen-bond donors (Lipinski definition) is 1. The summed E-state index contributed by atoms with van der Waals surface area (Å²) in [5.74, 6) is 1.05. The van der Waals surface area contributed by atoms with E-state index in [0.717, 1.165) is 28.6 Å². The molecule has 1 aliphatic carbocycles. The van der Waals surface area contributed by atoms with E-state index < -0.39 is 0 Å². The molecule has 1 fully saturated rings. The Hall–Kier alpha value is -0.850. The minimum absolute atomic E-state index is 0.0682. The molecule has 25 heavy (non-hydrogen) atoms. The van der Waals surface area contributed by atoms with E-state index in [0.29, 0.717) is 12.6 Å². The number of thiophene rings is 1. The third-order valence-electron chi connectivity index (χ3n) is 5.69. The van der Waals surface area contributed by atoms with Crippen LogP contribution in [0.2, 0.25) is 0 Å². The number of aromatic nitrogens is 2. The van der Waals surface area contributed by atoms with Gasteiger partial charge in [0, 0.05) is 17.3 Å². The van der Waals surface area contributed by atoms with Gasteiger partial charge in [0.25, 0.3) is 0 Å². The van der Waals surface area contributed by atoms with E-state index in [4.69, 9.17) is 14.7 Å². The molecule has 1 saturated carbocycles. The molecular weight excluding hydrogens is 350 g/mol. The van der Waals surface area contributed by atoms with Crippen molar-refractivity contribution in [2.45, 2.75) is 82.2 Å². The van der Waals surface area contributed by atoms with Gasteiger partial charge >= 0.3 is 0 Å². The van der Waals surface area contributed by atoms with E-state index in [2.05, 4.69) is 25.4 Å². The van der Waals surface area contributed by atoms with Crippen molar-refractivity contribution in [1.82, 2.24) is 9.97 Å². The zero-order valence-electron chi connectivity index (χ0n) is 15.4. The van der Waals surface area contributed by atoms with E-state index in [1.54, 1.807) is 23.1 Å². The molecule has 0 bridgehead atoms. The molecule has 0 amide bonds. The number of hydrogen-bond acceptors (Lipinski definition) is 6. The van der Waals surface area contributed by atoms with Crippen LogP contribution in [-0.4, -0.2) is 27.9 Å². The maximum absolute atomic E-state index is 6.15. The number of nitrogens with one attached hydrogen (secondary N) is 1. The molecule has 0 aromatic carbocycles. The topological polar surface area (TPSA) is 47.0 Å². The van der Waals surface area contributed by atoms with Crippen LogP contribution in [0.4, 0.5) is 5.82 Å². The van der Waals surface area contributed by atoms with E-state index in [9.17, 15) is 0 Å². The fraction of sp³-hybridized carbons (Fsp3) is 0.684. The SMILES string of the molecule is CC[C@]1(C)Cc2c(sc3nc(SC)nc(NC4CCCCC4)c23)CO1. The highest BCUT2D eigenvalue weighted by atomic mass is 32.2. The number of nitrogens with zero attached hydrogens (tertiary/aromatic N) is 2. The summed E-state index contributed by atoms with van der Waals surface area (Å²) in [6.45, 7) is 5.14. The summed E-state index contributed by atoms with van der Waals surface area (Å²) in [6.07, 6.45) is 10.6. The molecule has 6 heteroatoms. The molecule has 0 saturated heterocycles. The molecule has 4 rings (SSSR count). The second-order valence-corrected chi connectivity index (χ2v) is 9.35. The van der Waals surface area contributed by atoms with E-state index in [1.807, 2.05) is 0 Å². The molecule has 1 atom stereocenters. The Labute approximate surface area is 158 Å². The Morgan fingerprint density at radius 3 is 2.80 bits per heavy atom. The summed E-state index contributed by atoms with van der Waals surface area (Å²) in [5, 5.41) is 5.90. The monoisotopic (exact) mass is 377 g/mol. The van der Waals surface area contributed by atoms with Crippen molar-refractivity contribution in [2.24, 2.45) is 0 Å². The quantitative estimate of drug-likeness (QED) is 0.571. The first kappa shape index (κ1) is 17.6. The van der Waals surface area contributed by atoms with Crippen molar-refractivity contribution < 1.29 is 4.74 Å². The zero-order chi connectivity index (χ0) is 17.4. The lowest BCUT2D eigenvalue weighted by Gasteiger charge is -2.33. The molecule has 2 aromatic heterocycles. The summed E-state index contributed by atoms with van der Waals surface area (Å²) in [6, 6.07) is 0.550. The molecule has 0 spiro atoms. The van der Waals surface area contributed by atoms with Crippen LogP contribution in [0.15, 0.2) is 5.16 Å². The van der Waals surface area contributed by atoms with Gasteiger partial charge in [-0.05, 0) is 38.0 Å². The number of anilines is 1. The van der Waals surface area contributed by atoms with Gasteiger partial charge in [-0.1, -0.05) is 37.9 Å². The number of rotatable bonds is 4. The van der Waals surface area contributed by atoms with Gasteiger partial charge in [-0.15, -0.1) is 11.3 Å². The Morgan fingerprint density at radius 1 is 1.28 bits per heavy atom. The van der Waals surface area contributed by atoms with Gasteiger partial charge in [0.1, 0.15) is 10.6 Å². The first-order valence-corrected chi connectivity index (χ1v) is 11.4. The first-order valence-electron chi connectivity index (χ1n) is 9.38. The third-order valence-corrected chi connectivity index (χ3v) is 7.34. The van der Waals surface area contributed by atoms with Crippen molar-refractivity contribution in [1.29, 1.82) is 0 Å². The summed E-state index contributed by atoms with van der Waals surface area (Å²) in [5.41, 5.74) is 1.35. The lowest BCUT2D eigenvalue weighted by Crippen LogP contribution is -2.34. The molecule has 0 radical (unpaired) electrons. The smallest absolute Gasteiger partial charge is 0.190 e. The Kier molecular flexibility index (Phi) is 4.95. The van der Waals surface area contributed by atoms with Crippen molar-refractivity contribution in [3.8, 4) is 0 Å². The van der Waals surface area contributed by atoms with Gasteiger partial charge in [0.2, 0.25) is 0 Å². The Balaban J connectivity index is 1.78. The summed E-state index contributed by atoms with van der Waals surface area (Å²) in [4.78, 5) is 12.1. The van der Waals surface area contributed by atoms with Crippen molar-refractivity contribution in [2.75, 3.05) is 11.6 Å². The summed E-state index contributed by atoms with van der Waals surface area (Å²) >= 11 is 3.41. The summed E-state index contributed by atoms with van der Waals surface area (Å²) < 4.78 is 6.15. The van der Waals surface area contributed by atoms with E-state index in [1.165, 1.54) is 47.9 Å². The molecule has 136 valence electrons. The van der Waals surface area contributed by atoms with Gasteiger partial charge < -0.3 is 10.1 Å². The number of thioether (sulfide) groups is 1. The second kappa shape index (κ2) is 7.05. The third kappa shape index (κ3) is 3.40. The second-order valence-electron chi connectivity index (χ2n) is 7.49. The van der Waals surface area contributed by atoms with Crippen molar-refractivity contribution in [3.63, 3.8) is 0 Å². The maximum Gasteiger partial charge on any atom is 0.190 e. The van der Waals surface area contributed by atoms with E-state index >= 15 is 0 Å². The zero-order valence-corrected chi connectivity index (χ0v) is 17.0. The Morgan fingerprint density at radius 2 is 2.08 bits per heavy atom. The van der Waals surface area contributed by atoms with Crippen LogP contribution in [-0.2, 0) is 17.8 Å². The fourth-order valence-corrected chi connectivity index (χ4v) is 5.44. The number of fused-ring (bicyclic) bond motifs is 3. The molecule has 1 aliphatic heterocycles. The predicted molar refractivity (Wildman–Crippen MR) is 107 cm³/mol. The van der Waals surface area contributed by atoms with Crippen LogP contribution in [0.25, 0.3) is 10.2 Å². The number of ether oxygens (including phenoxy) is 1. The molecular formula is C19H27N3OS2. The average Bonchev–Trinajstić information content (AvgIpc) is 3.00. The predicted octanol–water partition coefficient (Wildman–Crippen LogP) is 5.40. The van der Waals surface area contributed by atoms with Crippen molar-refractivity contribution >= 4 is 39.1 Å². The highest BCUT2D eigenvalue weighted by molar-refractivity contribution is 7.98. The summed E-state index contributed by atoms with van der Waals surface area (Å²) in [7, 11) is 0. The first-order chi connectivity index (χ1) is 12.1. The van der Waals surface area contributed by atoms with Crippen LogP contribution in [0.1, 0.15) is 62.8 Å². The van der Waals surface area contributed by atoms with Crippen LogP contribution in [0.3, 0.4) is 0 Å². The van der Waals surface area contributed by atoms with Crippen LogP contribution < -0.4 is 5.32 Å².